The zero-order valence-corrected chi connectivity index (χ0v) is 13.9. The highest BCUT2D eigenvalue weighted by Gasteiger charge is 2.11. The SMILES string of the molecule is CC(C)CSc1cccc(Oc2ccc([N+](=O)[O-])cc2Cl)c1. The van der Waals surface area contributed by atoms with Gasteiger partial charge in [0.1, 0.15) is 11.5 Å². The molecule has 0 spiro atoms. The average Bonchev–Trinajstić information content (AvgIpc) is 2.47. The van der Waals surface area contributed by atoms with Gasteiger partial charge in [-0.15, -0.1) is 11.8 Å². The van der Waals surface area contributed by atoms with E-state index in [0.717, 1.165) is 10.6 Å². The largest absolute Gasteiger partial charge is 0.456 e. The number of non-ortho nitro benzene ring substituents is 1. The van der Waals surface area contributed by atoms with E-state index in [0.29, 0.717) is 17.4 Å². The van der Waals surface area contributed by atoms with E-state index in [1.165, 1.54) is 18.2 Å². The number of hydrogen-bond donors (Lipinski definition) is 0. The summed E-state index contributed by atoms with van der Waals surface area (Å²) in [5.41, 5.74) is -0.0569. The Kier molecular flexibility index (Phi) is 5.69. The third-order valence-electron chi connectivity index (χ3n) is 2.74. The lowest BCUT2D eigenvalue weighted by molar-refractivity contribution is -0.384. The molecule has 0 saturated heterocycles. The third kappa shape index (κ3) is 4.64. The van der Waals surface area contributed by atoms with Gasteiger partial charge in [0, 0.05) is 22.8 Å². The van der Waals surface area contributed by atoms with Crippen molar-refractivity contribution >= 4 is 29.1 Å². The molecule has 0 bridgehead atoms. The molecule has 0 unspecified atom stereocenters. The van der Waals surface area contributed by atoms with Crippen molar-refractivity contribution in [3.05, 3.63) is 57.6 Å². The second-order valence-corrected chi connectivity index (χ2v) is 6.65. The first-order valence-corrected chi connectivity index (χ1v) is 8.16. The van der Waals surface area contributed by atoms with Gasteiger partial charge < -0.3 is 4.74 Å². The van der Waals surface area contributed by atoms with Crippen molar-refractivity contribution in [2.75, 3.05) is 5.75 Å². The minimum absolute atomic E-state index is 0.0569. The van der Waals surface area contributed by atoms with Crippen LogP contribution in [0.25, 0.3) is 0 Å². The smallest absolute Gasteiger partial charge is 0.271 e. The van der Waals surface area contributed by atoms with Crippen molar-refractivity contribution in [2.24, 2.45) is 5.92 Å². The number of nitro groups is 1. The molecule has 0 aliphatic carbocycles. The number of benzene rings is 2. The molecule has 4 nitrogen and oxygen atoms in total. The molecule has 0 amide bonds. The summed E-state index contributed by atoms with van der Waals surface area (Å²) in [6.07, 6.45) is 0. The van der Waals surface area contributed by atoms with Crippen molar-refractivity contribution in [3.63, 3.8) is 0 Å². The van der Waals surface area contributed by atoms with Gasteiger partial charge in [0.15, 0.2) is 0 Å². The first-order valence-electron chi connectivity index (χ1n) is 6.80. The number of halogens is 1. The fourth-order valence-electron chi connectivity index (χ4n) is 1.70. The van der Waals surface area contributed by atoms with Crippen LogP contribution in [0.1, 0.15) is 13.8 Å². The molecule has 0 atom stereocenters. The zero-order valence-electron chi connectivity index (χ0n) is 12.3. The molecule has 0 saturated carbocycles. The summed E-state index contributed by atoms with van der Waals surface area (Å²) in [5.74, 6) is 2.70. The molecule has 0 aliphatic heterocycles. The summed E-state index contributed by atoms with van der Waals surface area (Å²) >= 11 is 7.79. The van der Waals surface area contributed by atoms with E-state index >= 15 is 0 Å². The Hall–Kier alpha value is -1.72. The first kappa shape index (κ1) is 16.6. The normalized spacial score (nSPS) is 10.7. The Morgan fingerprint density at radius 3 is 2.68 bits per heavy atom. The molecule has 0 heterocycles. The van der Waals surface area contributed by atoms with Crippen LogP contribution < -0.4 is 4.74 Å². The Labute approximate surface area is 138 Å². The second-order valence-electron chi connectivity index (χ2n) is 5.15. The second kappa shape index (κ2) is 7.51. The summed E-state index contributed by atoms with van der Waals surface area (Å²) in [5, 5.41) is 10.9. The van der Waals surface area contributed by atoms with Crippen molar-refractivity contribution in [3.8, 4) is 11.5 Å². The van der Waals surface area contributed by atoms with Crippen LogP contribution in [0.4, 0.5) is 5.69 Å². The maximum Gasteiger partial charge on any atom is 0.271 e. The minimum Gasteiger partial charge on any atom is -0.456 e. The molecule has 0 aromatic heterocycles. The quantitative estimate of drug-likeness (QED) is 0.380. The van der Waals surface area contributed by atoms with Crippen molar-refractivity contribution in [1.29, 1.82) is 0 Å². The Morgan fingerprint density at radius 1 is 1.27 bits per heavy atom. The Bertz CT molecular complexity index is 676. The highest BCUT2D eigenvalue weighted by Crippen LogP contribution is 2.33. The average molecular weight is 338 g/mol. The van der Waals surface area contributed by atoms with Gasteiger partial charge in [-0.1, -0.05) is 31.5 Å². The van der Waals surface area contributed by atoms with Crippen LogP contribution in [0.5, 0.6) is 11.5 Å². The molecule has 0 radical (unpaired) electrons. The number of rotatable bonds is 6. The van der Waals surface area contributed by atoms with Crippen molar-refractivity contribution < 1.29 is 9.66 Å². The lowest BCUT2D eigenvalue weighted by Gasteiger charge is -2.09. The van der Waals surface area contributed by atoms with E-state index in [1.807, 2.05) is 24.3 Å². The molecular formula is C16H16ClNO3S. The van der Waals surface area contributed by atoms with Gasteiger partial charge in [0.2, 0.25) is 0 Å². The van der Waals surface area contributed by atoms with Gasteiger partial charge in [0.25, 0.3) is 5.69 Å². The molecule has 2 aromatic rings. The summed E-state index contributed by atoms with van der Waals surface area (Å²) in [4.78, 5) is 11.3. The van der Waals surface area contributed by atoms with E-state index in [9.17, 15) is 10.1 Å². The molecule has 2 aromatic carbocycles. The number of nitro benzene ring substituents is 1. The van der Waals surface area contributed by atoms with Crippen LogP contribution in [0.3, 0.4) is 0 Å². The number of thioether (sulfide) groups is 1. The van der Waals surface area contributed by atoms with Crippen LogP contribution in [0, 0.1) is 16.0 Å². The van der Waals surface area contributed by atoms with Crippen LogP contribution in [-0.4, -0.2) is 10.7 Å². The van der Waals surface area contributed by atoms with Gasteiger partial charge in [-0.3, -0.25) is 10.1 Å². The van der Waals surface area contributed by atoms with E-state index in [4.69, 9.17) is 16.3 Å². The predicted octanol–water partition coefficient (Wildman–Crippen LogP) is 5.79. The highest BCUT2D eigenvalue weighted by atomic mass is 35.5. The molecule has 0 N–H and O–H groups in total. The van der Waals surface area contributed by atoms with Crippen LogP contribution in [0.2, 0.25) is 5.02 Å². The molecule has 0 fully saturated rings. The number of hydrogen-bond acceptors (Lipinski definition) is 4. The summed E-state index contributed by atoms with van der Waals surface area (Å²) in [7, 11) is 0. The minimum atomic E-state index is -0.487. The van der Waals surface area contributed by atoms with Gasteiger partial charge in [0.05, 0.1) is 9.95 Å². The Balaban J connectivity index is 2.13. The van der Waals surface area contributed by atoms with Crippen LogP contribution >= 0.6 is 23.4 Å². The fraction of sp³-hybridized carbons (Fsp3) is 0.250. The zero-order chi connectivity index (χ0) is 16.1. The van der Waals surface area contributed by atoms with Gasteiger partial charge >= 0.3 is 0 Å². The van der Waals surface area contributed by atoms with Gasteiger partial charge in [-0.25, -0.2) is 0 Å². The van der Waals surface area contributed by atoms with Crippen LogP contribution in [-0.2, 0) is 0 Å². The maximum absolute atomic E-state index is 10.7. The molecular weight excluding hydrogens is 322 g/mol. The Morgan fingerprint density at radius 2 is 2.05 bits per heavy atom. The molecule has 0 aliphatic rings. The number of nitrogens with zero attached hydrogens (tertiary/aromatic N) is 1. The summed E-state index contributed by atoms with van der Waals surface area (Å²) < 4.78 is 5.72. The molecule has 22 heavy (non-hydrogen) atoms. The van der Waals surface area contributed by atoms with E-state index in [-0.39, 0.29) is 10.7 Å². The molecule has 2 rings (SSSR count). The van der Waals surface area contributed by atoms with Gasteiger partial charge in [-0.05, 0) is 30.2 Å². The fourth-order valence-corrected chi connectivity index (χ4v) is 2.82. The van der Waals surface area contributed by atoms with E-state index in [1.54, 1.807) is 11.8 Å². The van der Waals surface area contributed by atoms with Gasteiger partial charge in [-0.2, -0.15) is 0 Å². The maximum atomic E-state index is 10.7. The summed E-state index contributed by atoms with van der Waals surface area (Å²) in [6, 6.07) is 11.9. The number of ether oxygens (including phenoxy) is 1. The lowest BCUT2D eigenvalue weighted by atomic mass is 10.3. The lowest BCUT2D eigenvalue weighted by Crippen LogP contribution is -1.91. The topological polar surface area (TPSA) is 52.4 Å². The van der Waals surface area contributed by atoms with E-state index < -0.39 is 4.92 Å². The molecule has 116 valence electrons. The monoisotopic (exact) mass is 337 g/mol. The first-order chi connectivity index (χ1) is 10.5. The van der Waals surface area contributed by atoms with Crippen molar-refractivity contribution in [2.45, 2.75) is 18.7 Å². The van der Waals surface area contributed by atoms with Crippen molar-refractivity contribution in [1.82, 2.24) is 0 Å². The molecule has 6 heteroatoms. The third-order valence-corrected chi connectivity index (χ3v) is 4.46. The standard InChI is InChI=1S/C16H16ClNO3S/c1-11(2)10-22-14-5-3-4-13(9-14)21-16-7-6-12(18(19)20)8-15(16)17/h3-9,11H,10H2,1-2H3. The van der Waals surface area contributed by atoms with Crippen LogP contribution in [0.15, 0.2) is 47.4 Å². The predicted molar refractivity (Wildman–Crippen MR) is 90.2 cm³/mol. The summed E-state index contributed by atoms with van der Waals surface area (Å²) in [6.45, 7) is 4.34. The highest BCUT2D eigenvalue weighted by molar-refractivity contribution is 7.99. The van der Waals surface area contributed by atoms with E-state index in [2.05, 4.69) is 13.8 Å².